The Labute approximate surface area is 394 Å². The molecular weight excluding hydrogens is 856 g/mol. The molecule has 3 aromatic heterocycles. The summed E-state index contributed by atoms with van der Waals surface area (Å²) in [5.74, 6) is -1.98. The van der Waals surface area contributed by atoms with Gasteiger partial charge in [0.25, 0.3) is 0 Å². The molecule has 3 N–H and O–H groups in total. The quantitative estimate of drug-likeness (QED) is 0.0532. The van der Waals surface area contributed by atoms with Gasteiger partial charge in [-0.25, -0.2) is 9.97 Å². The molecule has 11 heteroatoms. The van der Waals surface area contributed by atoms with Crippen molar-refractivity contribution in [2.45, 2.75) is 139 Å². The minimum atomic E-state index is -1.02. The fourth-order valence-electron chi connectivity index (χ4n) is 8.37. The van der Waals surface area contributed by atoms with E-state index in [0.29, 0.717) is 80.7 Å². The van der Waals surface area contributed by atoms with Gasteiger partial charge in [-0.15, -0.1) is 22.1 Å². The number of aryl methyl sites for hydroxylation is 3. The first-order valence-corrected chi connectivity index (χ1v) is 22.4. The summed E-state index contributed by atoms with van der Waals surface area (Å²) in [7, 11) is 0. The van der Waals surface area contributed by atoms with Gasteiger partial charge in [-0.05, 0) is 136 Å². The van der Waals surface area contributed by atoms with Crippen LogP contribution in [0.25, 0.3) is 44.4 Å². The molecular formula is C54H64FeN4O6. The van der Waals surface area contributed by atoms with Gasteiger partial charge in [0, 0.05) is 24.0 Å². The number of fused-ring (bicyclic) bond motifs is 8. The van der Waals surface area contributed by atoms with Crippen LogP contribution in [0.1, 0.15) is 163 Å². The predicted molar refractivity (Wildman–Crippen MR) is 259 cm³/mol. The van der Waals surface area contributed by atoms with E-state index in [9.17, 15) is 29.7 Å². The second-order valence-corrected chi connectivity index (χ2v) is 17.4. The first-order chi connectivity index (χ1) is 30.5. The summed E-state index contributed by atoms with van der Waals surface area (Å²) in [5.41, 5.74) is 14.8. The van der Waals surface area contributed by atoms with Gasteiger partial charge in [0.15, 0.2) is 6.29 Å². The zero-order valence-electron chi connectivity index (χ0n) is 39.3. The molecule has 3 aromatic rings. The Hall–Kier alpha value is -5.61. The molecule has 1 atom stereocenters. The molecule has 0 unspecified atom stereocenters. The Morgan fingerprint density at radius 3 is 1.71 bits per heavy atom. The average Bonchev–Trinajstić information content (AvgIpc) is 3.91. The second-order valence-electron chi connectivity index (χ2n) is 17.4. The van der Waals surface area contributed by atoms with E-state index in [1.165, 1.54) is 22.3 Å². The molecule has 0 fully saturated rings. The van der Waals surface area contributed by atoms with Crippen molar-refractivity contribution in [3.8, 4) is 0 Å². The third kappa shape index (κ3) is 13.7. The molecule has 0 spiro atoms. The van der Waals surface area contributed by atoms with E-state index >= 15 is 0 Å². The van der Waals surface area contributed by atoms with Crippen molar-refractivity contribution >= 4 is 62.6 Å². The average molecular weight is 921 g/mol. The van der Waals surface area contributed by atoms with Crippen molar-refractivity contribution in [2.75, 3.05) is 0 Å². The molecule has 0 saturated carbocycles. The Morgan fingerprint density at radius 2 is 1.14 bits per heavy atom. The number of carboxylic acid groups (broad SMARTS) is 2. The number of carboxylic acids is 2. The normalized spacial score (nSPS) is 13.8. The number of carbonyl (C=O) groups excluding carboxylic acids is 1. The number of carbonyl (C=O) groups is 3. The van der Waals surface area contributed by atoms with Gasteiger partial charge in [-0.1, -0.05) is 100 Å². The van der Waals surface area contributed by atoms with Gasteiger partial charge in [-0.2, -0.15) is 0 Å². The molecule has 0 aromatic carbocycles. The van der Waals surface area contributed by atoms with E-state index in [4.69, 9.17) is 19.9 Å². The van der Waals surface area contributed by atoms with Crippen LogP contribution in [-0.2, 0) is 37.9 Å². The summed E-state index contributed by atoms with van der Waals surface area (Å²) >= 11 is 0. The molecule has 10 nitrogen and oxygen atoms in total. The summed E-state index contributed by atoms with van der Waals surface area (Å²) < 4.78 is 0. The Balaban J connectivity index is 0.00000925. The van der Waals surface area contributed by atoms with Crippen molar-refractivity contribution in [1.82, 2.24) is 19.9 Å². The maximum atomic E-state index is 12.8. The molecule has 0 amide bonds. The molecule has 2 aliphatic heterocycles. The van der Waals surface area contributed by atoms with Gasteiger partial charge in [0.05, 0.1) is 28.9 Å². The summed E-state index contributed by atoms with van der Waals surface area (Å²) in [6.45, 7) is 20.7. The van der Waals surface area contributed by atoms with E-state index in [-0.39, 0.29) is 48.3 Å². The third-order valence-electron chi connectivity index (χ3n) is 12.2. The topological polar surface area (TPSA) is 166 Å². The predicted octanol–water partition coefficient (Wildman–Crippen LogP) is 12.3. The van der Waals surface area contributed by atoms with Gasteiger partial charge in [0.1, 0.15) is 0 Å². The number of rotatable bonds is 21. The number of aromatic nitrogens is 4. The number of nitrogens with zero attached hydrogens (tertiary/aromatic N) is 4. The summed E-state index contributed by atoms with van der Waals surface area (Å²) in [5, 5.41) is 31.2. The van der Waals surface area contributed by atoms with Gasteiger partial charge in [-0.3, -0.25) is 14.4 Å². The number of aliphatic hydroxyl groups is 1. The van der Waals surface area contributed by atoms with Crippen molar-refractivity contribution in [3.05, 3.63) is 129 Å². The van der Waals surface area contributed by atoms with Crippen LogP contribution in [0.4, 0.5) is 0 Å². The number of hydrogen-bond acceptors (Lipinski definition) is 6. The number of allylic oxidation sites excluding steroid dienone is 13. The molecule has 5 heterocycles. The van der Waals surface area contributed by atoms with E-state index in [1.54, 1.807) is 18.2 Å². The monoisotopic (exact) mass is 920 g/mol. The fraction of sp³-hybridized carbons (Fsp3) is 0.389. The summed E-state index contributed by atoms with van der Waals surface area (Å²) in [6.07, 6.45) is 18.0. The number of aliphatic carboxylic acids is 2. The van der Waals surface area contributed by atoms with Crippen LogP contribution in [0.2, 0.25) is 0 Å². The van der Waals surface area contributed by atoms with E-state index in [1.807, 2.05) is 32.9 Å². The standard InChI is InChI=1S/C54H66N4O6.Fe/c1-10-39-36(7)44-29-50-54(51(60)22-14-21-35(6)20-13-19-34(5)18-12-17-33(4)16-11-15-32(2)3)38(9)45(57-50)28-49-42(31-59)41(24-26-53(63)64)48(58-49)30-47-40(23-25-52(61)62)37(8)43(56-47)27-46(39)55-44;/h10,15,17,19,21,27-31,51,60H,1,11-14,16,18,20,22-26H2,2-9H3,(H4,55,56,57,58,59,61,62,63,64);/q;+2/p-2/b33-17+,34-19+,35-21+,43-27?,44-29?,45-28?,46-27?,47-30?,48-30?,49-28?,50-29?;/t51-;/m0./s1. The van der Waals surface area contributed by atoms with Crippen LogP contribution >= 0.6 is 0 Å². The number of hydrogen-bond donors (Lipinski definition) is 3. The smallest absolute Gasteiger partial charge is 0.657 e. The molecule has 0 radical (unpaired) electrons. The van der Waals surface area contributed by atoms with Crippen molar-refractivity contribution < 1.29 is 46.8 Å². The molecule has 8 bridgehead atoms. The molecule has 5 rings (SSSR count). The first-order valence-electron chi connectivity index (χ1n) is 22.4. The van der Waals surface area contributed by atoms with Crippen LogP contribution in [0, 0.1) is 13.8 Å². The SMILES string of the molecule is C=CC1=C(C)c2cc3[n-]c(cc4nc(cc5[n-]c(cc1n2)c(C)c5CCC(=O)O)C(CCC(=O)O)=C4C=O)c(C)c3[C@@H](O)CC/C=C(\C)CC/C=C(\C)CC/C=C(\C)CCC=C(C)C.[Fe+2]. The van der Waals surface area contributed by atoms with E-state index in [2.05, 4.69) is 65.5 Å². The minimum Gasteiger partial charge on any atom is -0.657 e. The first kappa shape index (κ1) is 52.0. The van der Waals surface area contributed by atoms with Gasteiger partial charge < -0.3 is 25.3 Å². The maximum Gasteiger partial charge on any atom is 2.00 e. The molecule has 65 heavy (non-hydrogen) atoms. The zero-order chi connectivity index (χ0) is 46.7. The zero-order valence-corrected chi connectivity index (χ0v) is 40.4. The Morgan fingerprint density at radius 1 is 0.646 bits per heavy atom. The molecule has 2 aliphatic rings. The van der Waals surface area contributed by atoms with Gasteiger partial charge >= 0.3 is 29.0 Å². The van der Waals surface area contributed by atoms with Gasteiger partial charge in [0.2, 0.25) is 0 Å². The summed E-state index contributed by atoms with van der Waals surface area (Å²) in [4.78, 5) is 56.2. The van der Waals surface area contributed by atoms with Crippen LogP contribution < -0.4 is 9.97 Å². The molecule has 0 aliphatic carbocycles. The number of aldehydes is 1. The Kier molecular flexibility index (Phi) is 19.3. The van der Waals surface area contributed by atoms with E-state index in [0.717, 1.165) is 60.8 Å². The van der Waals surface area contributed by atoms with Crippen molar-refractivity contribution in [2.24, 2.45) is 0 Å². The van der Waals surface area contributed by atoms with Crippen LogP contribution in [0.5, 0.6) is 0 Å². The molecule has 0 saturated heterocycles. The number of aliphatic hydroxyl groups excluding tert-OH is 1. The van der Waals surface area contributed by atoms with Crippen LogP contribution in [-0.4, -0.2) is 43.5 Å². The maximum absolute atomic E-state index is 12.8. The third-order valence-corrected chi connectivity index (χ3v) is 12.2. The molecule has 344 valence electrons. The van der Waals surface area contributed by atoms with Crippen LogP contribution in [0.3, 0.4) is 0 Å². The van der Waals surface area contributed by atoms with Crippen molar-refractivity contribution in [1.29, 1.82) is 0 Å². The van der Waals surface area contributed by atoms with Crippen LogP contribution in [0.15, 0.2) is 83.5 Å². The largest absolute Gasteiger partial charge is 2.00 e. The summed E-state index contributed by atoms with van der Waals surface area (Å²) in [6, 6.07) is 7.15. The second kappa shape index (κ2) is 24.1. The minimum absolute atomic E-state index is 0. The van der Waals surface area contributed by atoms with Crippen molar-refractivity contribution in [3.63, 3.8) is 0 Å². The van der Waals surface area contributed by atoms with E-state index < -0.39 is 18.0 Å². The fourth-order valence-corrected chi connectivity index (χ4v) is 8.37. The Bertz CT molecular complexity index is 2660.